The van der Waals surface area contributed by atoms with Gasteiger partial charge in [0, 0.05) is 17.6 Å². The van der Waals surface area contributed by atoms with Crippen LogP contribution in [0.2, 0.25) is 0 Å². The molecule has 0 fully saturated rings. The lowest BCUT2D eigenvalue weighted by molar-refractivity contribution is 0.0985. The largest absolute Gasteiger partial charge is 0.275 e. The van der Waals surface area contributed by atoms with Crippen LogP contribution < -0.4 is 4.72 Å². The Balaban J connectivity index is 2.19. The van der Waals surface area contributed by atoms with Crippen molar-refractivity contribution in [2.24, 2.45) is 0 Å². The van der Waals surface area contributed by atoms with Crippen LogP contribution in [0.1, 0.15) is 21.5 Å². The summed E-state index contributed by atoms with van der Waals surface area (Å²) in [6.45, 7) is 4.26. The molecule has 0 saturated heterocycles. The molecule has 1 amide bonds. The molecular formula is C11H13N3O3S2. The van der Waals surface area contributed by atoms with Crippen molar-refractivity contribution in [3.05, 3.63) is 34.3 Å². The maximum Gasteiger partial charge on any atom is 0.275 e. The highest BCUT2D eigenvalue weighted by Gasteiger charge is 2.21. The number of nitrogens with zero attached hydrogens (tertiary/aromatic N) is 2. The molecular weight excluding hydrogens is 286 g/mol. The normalized spacial score (nSPS) is 11.5. The summed E-state index contributed by atoms with van der Waals surface area (Å²) in [5, 5.41) is 3.87. The van der Waals surface area contributed by atoms with Crippen molar-refractivity contribution >= 4 is 27.3 Å². The topological polar surface area (TPSA) is 81.1 Å². The minimum Gasteiger partial charge on any atom is -0.272 e. The molecule has 0 aliphatic heterocycles. The molecule has 0 unspecified atom stereocenters. The first kappa shape index (κ1) is 13.8. The van der Waals surface area contributed by atoms with E-state index in [1.165, 1.54) is 28.4 Å². The number of sulfonamides is 1. The van der Waals surface area contributed by atoms with E-state index in [1.54, 1.807) is 12.1 Å². The molecule has 0 aromatic carbocycles. The Kier molecular flexibility index (Phi) is 3.72. The Morgan fingerprint density at radius 3 is 2.74 bits per heavy atom. The van der Waals surface area contributed by atoms with Gasteiger partial charge in [0.25, 0.3) is 15.9 Å². The van der Waals surface area contributed by atoms with Gasteiger partial charge in [0.15, 0.2) is 0 Å². The molecule has 0 radical (unpaired) electrons. The molecule has 2 aromatic heterocycles. The summed E-state index contributed by atoms with van der Waals surface area (Å²) >= 11 is 1.24. The average Bonchev–Trinajstić information content (AvgIpc) is 2.96. The van der Waals surface area contributed by atoms with Gasteiger partial charge in [-0.2, -0.15) is 5.10 Å². The molecule has 0 saturated carbocycles. The first-order chi connectivity index (χ1) is 8.92. The smallest absolute Gasteiger partial charge is 0.272 e. The Hall–Kier alpha value is -1.67. The molecule has 0 bridgehead atoms. The van der Waals surface area contributed by atoms with Gasteiger partial charge in [-0.25, -0.2) is 13.1 Å². The summed E-state index contributed by atoms with van der Waals surface area (Å²) in [5.74, 6) is -0.623. The number of thiophene rings is 1. The molecule has 6 nitrogen and oxygen atoms in total. The molecule has 8 heteroatoms. The highest BCUT2D eigenvalue weighted by atomic mass is 32.2. The summed E-state index contributed by atoms with van der Waals surface area (Å²) in [6, 6.07) is 3.36. The first-order valence-corrected chi connectivity index (χ1v) is 7.88. The van der Waals surface area contributed by atoms with Crippen molar-refractivity contribution < 1.29 is 13.2 Å². The van der Waals surface area contributed by atoms with Crippen molar-refractivity contribution in [1.82, 2.24) is 14.5 Å². The van der Waals surface area contributed by atoms with Crippen molar-refractivity contribution in [3.8, 4) is 0 Å². The fourth-order valence-electron chi connectivity index (χ4n) is 1.44. The first-order valence-electron chi connectivity index (χ1n) is 5.58. The minimum absolute atomic E-state index is 0.0176. The van der Waals surface area contributed by atoms with Gasteiger partial charge in [0.2, 0.25) is 0 Å². The lowest BCUT2D eigenvalue weighted by Crippen LogP contribution is -2.29. The fourth-order valence-corrected chi connectivity index (χ4v) is 3.19. The van der Waals surface area contributed by atoms with Crippen molar-refractivity contribution in [3.63, 3.8) is 0 Å². The molecule has 19 heavy (non-hydrogen) atoms. The molecule has 1 N–H and O–H groups in total. The lowest BCUT2D eigenvalue weighted by Gasteiger charge is -2.02. The van der Waals surface area contributed by atoms with Crippen molar-refractivity contribution in [2.45, 2.75) is 25.3 Å². The highest BCUT2D eigenvalue weighted by molar-refractivity contribution is 7.90. The second kappa shape index (κ2) is 5.14. The minimum atomic E-state index is -3.86. The maximum absolute atomic E-state index is 12.0. The summed E-state index contributed by atoms with van der Waals surface area (Å²) in [6.07, 6.45) is 2.61. The monoisotopic (exact) mass is 299 g/mol. The molecule has 2 heterocycles. The van der Waals surface area contributed by atoms with Crippen LogP contribution >= 0.6 is 11.3 Å². The van der Waals surface area contributed by atoms with E-state index < -0.39 is 15.9 Å². The zero-order valence-corrected chi connectivity index (χ0v) is 12.1. The summed E-state index contributed by atoms with van der Waals surface area (Å²) < 4.78 is 27.5. The standard InChI is InChI=1S/C11H13N3O3S2/c1-3-14-7-9(6-12-14)19(16,17)13-11(15)10-5-4-8(2)18-10/h4-7H,3H2,1-2H3,(H,13,15). The Morgan fingerprint density at radius 2 is 2.21 bits per heavy atom. The average molecular weight is 299 g/mol. The van der Waals surface area contributed by atoms with Crippen molar-refractivity contribution in [2.75, 3.05) is 0 Å². The quantitative estimate of drug-likeness (QED) is 0.925. The summed E-state index contributed by atoms with van der Waals surface area (Å²) in [4.78, 5) is 13.1. The lowest BCUT2D eigenvalue weighted by atomic mass is 10.4. The van der Waals surface area contributed by atoms with Crippen LogP contribution in [0.5, 0.6) is 0 Å². The number of aryl methyl sites for hydroxylation is 2. The summed E-state index contributed by atoms with van der Waals surface area (Å²) in [7, 11) is -3.86. The Bertz CT molecular complexity index is 700. The Labute approximate surface area is 115 Å². The van der Waals surface area contributed by atoms with E-state index in [4.69, 9.17) is 0 Å². The zero-order chi connectivity index (χ0) is 14.0. The van der Waals surface area contributed by atoms with Crippen molar-refractivity contribution in [1.29, 1.82) is 0 Å². The predicted molar refractivity (Wildman–Crippen MR) is 71.6 cm³/mol. The van der Waals surface area contributed by atoms with Gasteiger partial charge in [-0.3, -0.25) is 9.48 Å². The highest BCUT2D eigenvalue weighted by Crippen LogP contribution is 2.16. The predicted octanol–water partition coefficient (Wildman–Crippen LogP) is 1.39. The number of hydrogen-bond acceptors (Lipinski definition) is 5. The van der Waals surface area contributed by atoms with Gasteiger partial charge in [0.05, 0.1) is 11.1 Å². The third kappa shape index (κ3) is 3.02. The maximum atomic E-state index is 12.0. The van der Waals surface area contributed by atoms with Gasteiger partial charge in [-0.1, -0.05) is 0 Å². The van der Waals surface area contributed by atoms with E-state index in [2.05, 4.69) is 5.10 Å². The van der Waals surface area contributed by atoms with Gasteiger partial charge in [0.1, 0.15) is 4.90 Å². The van der Waals surface area contributed by atoms with E-state index >= 15 is 0 Å². The number of amides is 1. The zero-order valence-electron chi connectivity index (χ0n) is 10.5. The van der Waals surface area contributed by atoms with E-state index in [9.17, 15) is 13.2 Å². The molecule has 0 spiro atoms. The Morgan fingerprint density at radius 1 is 1.47 bits per heavy atom. The number of nitrogens with one attached hydrogen (secondary N) is 1. The van der Waals surface area contributed by atoms with Crippen LogP contribution in [-0.2, 0) is 16.6 Å². The number of carbonyl (C=O) groups excluding carboxylic acids is 1. The molecule has 2 rings (SSSR count). The van der Waals surface area contributed by atoms with E-state index in [0.29, 0.717) is 11.4 Å². The van der Waals surface area contributed by atoms with Crippen LogP contribution in [0.4, 0.5) is 0 Å². The van der Waals surface area contributed by atoms with Crippen LogP contribution in [0, 0.1) is 6.92 Å². The SMILES string of the molecule is CCn1cc(S(=O)(=O)NC(=O)c2ccc(C)s2)cn1. The second-order valence-electron chi connectivity index (χ2n) is 3.88. The van der Waals surface area contributed by atoms with Gasteiger partial charge in [-0.05, 0) is 26.0 Å². The number of aromatic nitrogens is 2. The number of rotatable bonds is 4. The van der Waals surface area contributed by atoms with Crippen LogP contribution in [0.3, 0.4) is 0 Å². The summed E-state index contributed by atoms with van der Waals surface area (Å²) in [5.41, 5.74) is 0. The van der Waals surface area contributed by atoms with Gasteiger partial charge < -0.3 is 0 Å². The third-order valence-corrected chi connectivity index (χ3v) is 4.72. The van der Waals surface area contributed by atoms with E-state index in [-0.39, 0.29) is 4.90 Å². The van der Waals surface area contributed by atoms with Crippen LogP contribution in [0.15, 0.2) is 29.4 Å². The molecule has 2 aromatic rings. The van der Waals surface area contributed by atoms with Gasteiger partial charge >= 0.3 is 0 Å². The number of carbonyl (C=O) groups is 1. The number of hydrogen-bond donors (Lipinski definition) is 1. The third-order valence-electron chi connectivity index (χ3n) is 2.44. The molecule has 0 atom stereocenters. The van der Waals surface area contributed by atoms with E-state index in [0.717, 1.165) is 4.88 Å². The van der Waals surface area contributed by atoms with E-state index in [1.807, 2.05) is 18.6 Å². The molecule has 102 valence electrons. The van der Waals surface area contributed by atoms with Crippen LogP contribution in [-0.4, -0.2) is 24.1 Å². The second-order valence-corrected chi connectivity index (χ2v) is 6.85. The molecule has 0 aliphatic carbocycles. The van der Waals surface area contributed by atoms with Crippen LogP contribution in [0.25, 0.3) is 0 Å². The molecule has 0 aliphatic rings. The fraction of sp³-hybridized carbons (Fsp3) is 0.273. The van der Waals surface area contributed by atoms with Gasteiger partial charge in [-0.15, -0.1) is 11.3 Å².